The van der Waals surface area contributed by atoms with E-state index in [2.05, 4.69) is 5.32 Å². The van der Waals surface area contributed by atoms with Crippen LogP contribution in [0.15, 0.2) is 24.3 Å². The minimum atomic E-state index is -0.825. The number of para-hydroxylation sites is 2. The van der Waals surface area contributed by atoms with E-state index in [1.807, 2.05) is 6.07 Å². The molecule has 1 fully saturated rings. The highest BCUT2D eigenvalue weighted by atomic mass is 16.5. The van der Waals surface area contributed by atoms with Crippen LogP contribution >= 0.6 is 0 Å². The predicted octanol–water partition coefficient (Wildman–Crippen LogP) is 3.93. The first-order valence-electron chi connectivity index (χ1n) is 8.73. The van der Waals surface area contributed by atoms with Crippen LogP contribution in [0, 0.1) is 5.92 Å². The molecule has 1 N–H and O–H groups in total. The molecule has 5 nitrogen and oxygen atoms in total. The van der Waals surface area contributed by atoms with Gasteiger partial charge in [-0.05, 0) is 31.4 Å². The number of ether oxygens (including phenoxy) is 2. The molecular formula is C19H27NO4. The minimum absolute atomic E-state index is 0.303. The topological polar surface area (TPSA) is 64.6 Å². The Balaban J connectivity index is 1.77. The van der Waals surface area contributed by atoms with Gasteiger partial charge in [-0.1, -0.05) is 44.2 Å². The fourth-order valence-electron chi connectivity index (χ4n) is 3.09. The standard InChI is InChI=1S/C19H27NO4/c1-14(19(22)20-16-10-6-7-11-17(16)23-2)24-18(21)13-12-15-8-4-3-5-9-15/h6-7,10-11,14-15H,3-5,8-9,12-13H2,1-2H3,(H,20,22)/t14-/m0/s1. The second kappa shape index (κ2) is 9.30. The number of anilines is 1. The molecule has 1 saturated carbocycles. The maximum Gasteiger partial charge on any atom is 0.306 e. The van der Waals surface area contributed by atoms with Crippen LogP contribution in [0.2, 0.25) is 0 Å². The highest BCUT2D eigenvalue weighted by Crippen LogP contribution is 2.27. The van der Waals surface area contributed by atoms with Crippen molar-refractivity contribution in [3.05, 3.63) is 24.3 Å². The molecule has 0 saturated heterocycles. The van der Waals surface area contributed by atoms with Crippen molar-refractivity contribution < 1.29 is 19.1 Å². The molecule has 0 unspecified atom stereocenters. The third-order valence-corrected chi connectivity index (χ3v) is 4.52. The number of benzene rings is 1. The van der Waals surface area contributed by atoms with Crippen molar-refractivity contribution >= 4 is 17.6 Å². The van der Waals surface area contributed by atoms with Crippen LogP contribution in [0.3, 0.4) is 0 Å². The predicted molar refractivity (Wildman–Crippen MR) is 93.0 cm³/mol. The van der Waals surface area contributed by atoms with E-state index in [1.54, 1.807) is 32.2 Å². The fourth-order valence-corrected chi connectivity index (χ4v) is 3.09. The Bertz CT molecular complexity index is 552. The number of hydrogen-bond donors (Lipinski definition) is 1. The molecule has 1 aliphatic carbocycles. The van der Waals surface area contributed by atoms with E-state index in [4.69, 9.17) is 9.47 Å². The maximum atomic E-state index is 12.2. The SMILES string of the molecule is COc1ccccc1NC(=O)[C@H](C)OC(=O)CCC1CCCCC1. The second-order valence-electron chi connectivity index (χ2n) is 6.36. The molecule has 1 atom stereocenters. The van der Waals surface area contributed by atoms with Crippen LogP contribution in [0.25, 0.3) is 0 Å². The number of carbonyl (C=O) groups excluding carboxylic acids is 2. The van der Waals surface area contributed by atoms with Crippen LogP contribution in [0.5, 0.6) is 5.75 Å². The number of carbonyl (C=O) groups is 2. The van der Waals surface area contributed by atoms with Gasteiger partial charge in [0, 0.05) is 6.42 Å². The third-order valence-electron chi connectivity index (χ3n) is 4.52. The van der Waals surface area contributed by atoms with E-state index in [1.165, 1.54) is 32.1 Å². The Morgan fingerprint density at radius 3 is 2.62 bits per heavy atom. The van der Waals surface area contributed by atoms with Gasteiger partial charge in [0.2, 0.25) is 0 Å². The highest BCUT2D eigenvalue weighted by molar-refractivity contribution is 5.96. The van der Waals surface area contributed by atoms with Crippen LogP contribution in [-0.2, 0) is 14.3 Å². The molecule has 0 bridgehead atoms. The number of amides is 1. The molecule has 1 aromatic carbocycles. The summed E-state index contributed by atoms with van der Waals surface area (Å²) in [6.45, 7) is 1.59. The Morgan fingerprint density at radius 1 is 1.21 bits per heavy atom. The summed E-state index contributed by atoms with van der Waals surface area (Å²) < 4.78 is 10.4. The molecule has 24 heavy (non-hydrogen) atoms. The monoisotopic (exact) mass is 333 g/mol. The number of esters is 1. The summed E-state index contributed by atoms with van der Waals surface area (Å²) in [7, 11) is 1.54. The first-order valence-corrected chi connectivity index (χ1v) is 8.73. The number of nitrogens with one attached hydrogen (secondary N) is 1. The first-order chi connectivity index (χ1) is 11.6. The van der Waals surface area contributed by atoms with Gasteiger partial charge in [-0.25, -0.2) is 0 Å². The zero-order valence-corrected chi connectivity index (χ0v) is 14.5. The summed E-state index contributed by atoms with van der Waals surface area (Å²) in [5, 5.41) is 2.73. The van der Waals surface area contributed by atoms with Gasteiger partial charge in [-0.3, -0.25) is 9.59 Å². The Kier molecular flexibility index (Phi) is 7.09. The largest absolute Gasteiger partial charge is 0.495 e. The summed E-state index contributed by atoms with van der Waals surface area (Å²) in [4.78, 5) is 24.1. The lowest BCUT2D eigenvalue weighted by Crippen LogP contribution is -2.30. The molecule has 1 aliphatic rings. The van der Waals surface area contributed by atoms with Crippen LogP contribution in [-0.4, -0.2) is 25.1 Å². The Hall–Kier alpha value is -2.04. The van der Waals surface area contributed by atoms with Gasteiger partial charge in [0.25, 0.3) is 5.91 Å². The van der Waals surface area contributed by atoms with Crippen LogP contribution < -0.4 is 10.1 Å². The lowest BCUT2D eigenvalue weighted by Gasteiger charge is -2.21. The molecule has 5 heteroatoms. The Labute approximate surface area is 143 Å². The zero-order valence-electron chi connectivity index (χ0n) is 14.5. The van der Waals surface area contributed by atoms with Crippen molar-refractivity contribution in [1.82, 2.24) is 0 Å². The highest BCUT2D eigenvalue weighted by Gasteiger charge is 2.20. The van der Waals surface area contributed by atoms with E-state index >= 15 is 0 Å². The van der Waals surface area contributed by atoms with Crippen molar-refractivity contribution in [2.24, 2.45) is 5.92 Å². The van der Waals surface area contributed by atoms with Gasteiger partial charge in [0.05, 0.1) is 12.8 Å². The molecule has 0 aliphatic heterocycles. The molecule has 0 spiro atoms. The van der Waals surface area contributed by atoms with Gasteiger partial charge in [-0.15, -0.1) is 0 Å². The van der Waals surface area contributed by atoms with Crippen LogP contribution in [0.4, 0.5) is 5.69 Å². The molecule has 2 rings (SSSR count). The summed E-state index contributed by atoms with van der Waals surface area (Å²) in [5.41, 5.74) is 0.565. The lowest BCUT2D eigenvalue weighted by molar-refractivity contribution is -0.153. The average Bonchev–Trinajstić information content (AvgIpc) is 2.61. The minimum Gasteiger partial charge on any atom is -0.495 e. The number of rotatable bonds is 7. The van der Waals surface area contributed by atoms with Crippen molar-refractivity contribution in [1.29, 1.82) is 0 Å². The summed E-state index contributed by atoms with van der Waals surface area (Å²) in [5.74, 6) is 0.541. The van der Waals surface area contributed by atoms with Crippen molar-refractivity contribution in [3.63, 3.8) is 0 Å². The average molecular weight is 333 g/mol. The van der Waals surface area contributed by atoms with E-state index in [9.17, 15) is 9.59 Å². The Morgan fingerprint density at radius 2 is 1.92 bits per heavy atom. The van der Waals surface area contributed by atoms with Gasteiger partial charge in [0.1, 0.15) is 5.75 Å². The summed E-state index contributed by atoms with van der Waals surface area (Å²) in [6.07, 6.45) is 6.66. The zero-order chi connectivity index (χ0) is 17.4. The lowest BCUT2D eigenvalue weighted by atomic mass is 9.86. The maximum absolute atomic E-state index is 12.2. The molecule has 0 aromatic heterocycles. The summed E-state index contributed by atoms with van der Waals surface area (Å²) >= 11 is 0. The van der Waals surface area contributed by atoms with Crippen molar-refractivity contribution in [2.75, 3.05) is 12.4 Å². The second-order valence-corrected chi connectivity index (χ2v) is 6.36. The molecule has 1 aromatic rings. The molecular weight excluding hydrogens is 306 g/mol. The smallest absolute Gasteiger partial charge is 0.306 e. The van der Waals surface area contributed by atoms with E-state index in [-0.39, 0.29) is 11.9 Å². The number of hydrogen-bond acceptors (Lipinski definition) is 4. The third kappa shape index (κ3) is 5.55. The first kappa shape index (κ1) is 18.3. The van der Waals surface area contributed by atoms with E-state index in [0.717, 1.165) is 6.42 Å². The van der Waals surface area contributed by atoms with Gasteiger partial charge < -0.3 is 14.8 Å². The van der Waals surface area contributed by atoms with E-state index in [0.29, 0.717) is 23.8 Å². The van der Waals surface area contributed by atoms with Gasteiger partial charge in [0.15, 0.2) is 6.10 Å². The van der Waals surface area contributed by atoms with Crippen molar-refractivity contribution in [3.8, 4) is 5.75 Å². The van der Waals surface area contributed by atoms with Crippen molar-refractivity contribution in [2.45, 2.75) is 58.0 Å². The van der Waals surface area contributed by atoms with Gasteiger partial charge in [-0.2, -0.15) is 0 Å². The summed E-state index contributed by atoms with van der Waals surface area (Å²) in [6, 6.07) is 7.13. The fraction of sp³-hybridized carbons (Fsp3) is 0.579. The molecule has 0 radical (unpaired) electrons. The number of methoxy groups -OCH3 is 1. The molecule has 1 amide bonds. The van der Waals surface area contributed by atoms with E-state index < -0.39 is 6.10 Å². The molecule has 132 valence electrons. The normalized spacial score (nSPS) is 16.2. The molecule has 0 heterocycles. The van der Waals surface area contributed by atoms with Crippen LogP contribution in [0.1, 0.15) is 51.9 Å². The van der Waals surface area contributed by atoms with Gasteiger partial charge >= 0.3 is 5.97 Å². The quantitative estimate of drug-likeness (QED) is 0.768.